The molecular formula is C22H31FN3O8P. The summed E-state index contributed by atoms with van der Waals surface area (Å²) in [6, 6.07) is 8.25. The molecule has 0 radical (unpaired) electrons. The lowest BCUT2D eigenvalue weighted by atomic mass is 10.3. The summed E-state index contributed by atoms with van der Waals surface area (Å²) in [6.07, 6.45) is -1.13. The Morgan fingerprint density at radius 1 is 1.14 bits per heavy atom. The summed E-state index contributed by atoms with van der Waals surface area (Å²) in [5.41, 5.74) is -1.28. The first-order valence-electron chi connectivity index (χ1n) is 11.0. The molecule has 4 atom stereocenters. The van der Waals surface area contributed by atoms with Crippen molar-refractivity contribution < 1.29 is 32.3 Å². The first kappa shape index (κ1) is 28.4. The minimum Gasteiger partial charge on any atom is -0.462 e. The maximum atomic E-state index is 13.5. The van der Waals surface area contributed by atoms with E-state index in [2.05, 4.69) is 10.1 Å². The summed E-state index contributed by atoms with van der Waals surface area (Å²) in [5, 5.41) is 2.54. The fourth-order valence-corrected chi connectivity index (χ4v) is 4.41. The molecule has 2 rings (SSSR count). The van der Waals surface area contributed by atoms with Crippen LogP contribution in [-0.4, -0.2) is 47.1 Å². The molecule has 35 heavy (non-hydrogen) atoms. The molecule has 1 unspecified atom stereocenters. The second-order valence-electron chi connectivity index (χ2n) is 7.89. The van der Waals surface area contributed by atoms with E-state index in [9.17, 15) is 23.3 Å². The van der Waals surface area contributed by atoms with E-state index >= 15 is 0 Å². The molecule has 11 nitrogen and oxygen atoms in total. The first-order valence-corrected chi connectivity index (χ1v) is 12.6. The third-order valence-corrected chi connectivity index (χ3v) is 6.16. The van der Waals surface area contributed by atoms with Crippen LogP contribution >= 0.6 is 7.75 Å². The third-order valence-electron chi connectivity index (χ3n) is 4.52. The maximum Gasteiger partial charge on any atom is 0.459 e. The fraction of sp³-hybridized carbons (Fsp3) is 0.500. The van der Waals surface area contributed by atoms with Crippen LogP contribution < -0.4 is 20.9 Å². The van der Waals surface area contributed by atoms with E-state index in [1.165, 1.54) is 20.0 Å². The molecule has 0 aliphatic carbocycles. The number of aromatic nitrogens is 2. The maximum absolute atomic E-state index is 13.5. The molecule has 1 heterocycles. The van der Waals surface area contributed by atoms with Crippen LogP contribution in [0.2, 0.25) is 0 Å². The number of hydrogen-bond donors (Lipinski definition) is 2. The molecule has 0 spiro atoms. The van der Waals surface area contributed by atoms with Crippen LogP contribution in [-0.2, 0) is 23.4 Å². The standard InChI is InChI=1S/C22H31FN3O8P/c1-15(2)32-21(28)16(3)25-35(30,34-18-8-6-5-7-9-18)31-14-19(10-12-23)33-17(4)26-13-11-20(27)24-22(26)29/h5-9,11,13,15-17,19H,10,12,14H2,1-4H3,(H,25,30)(H,24,27,29)/t16-,17+,19-,35?/m0/s1. The van der Waals surface area contributed by atoms with Crippen molar-refractivity contribution in [1.29, 1.82) is 0 Å². The van der Waals surface area contributed by atoms with Gasteiger partial charge in [-0.25, -0.2) is 9.36 Å². The molecule has 0 saturated carbocycles. The van der Waals surface area contributed by atoms with Crippen molar-refractivity contribution >= 4 is 13.7 Å². The van der Waals surface area contributed by atoms with Crippen molar-refractivity contribution in [3.05, 3.63) is 63.4 Å². The number of H-pyrrole nitrogens is 1. The first-order chi connectivity index (χ1) is 16.5. The smallest absolute Gasteiger partial charge is 0.459 e. The highest BCUT2D eigenvalue weighted by molar-refractivity contribution is 7.52. The number of carbonyl (C=O) groups excluding carboxylic acids is 1. The number of esters is 1. The van der Waals surface area contributed by atoms with E-state index in [-0.39, 0.29) is 18.3 Å². The molecule has 13 heteroatoms. The Balaban J connectivity index is 2.17. The zero-order valence-electron chi connectivity index (χ0n) is 20.0. The van der Waals surface area contributed by atoms with Gasteiger partial charge in [0.15, 0.2) is 0 Å². The average molecular weight is 515 g/mol. The summed E-state index contributed by atoms with van der Waals surface area (Å²) in [5.74, 6) is -0.452. The molecular weight excluding hydrogens is 484 g/mol. The molecule has 0 fully saturated rings. The van der Waals surface area contributed by atoms with Gasteiger partial charge in [-0.2, -0.15) is 5.09 Å². The molecule has 0 aliphatic heterocycles. The zero-order chi connectivity index (χ0) is 26.0. The average Bonchev–Trinajstić information content (AvgIpc) is 2.77. The van der Waals surface area contributed by atoms with E-state index in [1.807, 2.05) is 0 Å². The molecule has 0 saturated heterocycles. The minimum atomic E-state index is -4.17. The van der Waals surface area contributed by atoms with Crippen molar-refractivity contribution in [2.75, 3.05) is 13.3 Å². The van der Waals surface area contributed by atoms with Crippen LogP contribution in [0, 0.1) is 0 Å². The molecule has 1 aromatic heterocycles. The Morgan fingerprint density at radius 2 is 1.83 bits per heavy atom. The number of rotatable bonds is 14. The van der Waals surface area contributed by atoms with Gasteiger partial charge >= 0.3 is 19.4 Å². The van der Waals surface area contributed by atoms with E-state index in [0.717, 1.165) is 10.6 Å². The highest BCUT2D eigenvalue weighted by atomic mass is 31.2. The van der Waals surface area contributed by atoms with E-state index < -0.39 is 56.6 Å². The van der Waals surface area contributed by atoms with Crippen molar-refractivity contribution in [3.8, 4) is 5.75 Å². The number of nitrogens with one attached hydrogen (secondary N) is 2. The van der Waals surface area contributed by atoms with Gasteiger partial charge in [-0.05, 0) is 39.8 Å². The number of ether oxygens (including phenoxy) is 2. The van der Waals surface area contributed by atoms with Crippen LogP contribution in [0.4, 0.5) is 4.39 Å². The van der Waals surface area contributed by atoms with E-state index in [1.54, 1.807) is 44.2 Å². The topological polar surface area (TPSA) is 138 Å². The van der Waals surface area contributed by atoms with E-state index in [0.29, 0.717) is 0 Å². The molecule has 0 bridgehead atoms. The molecule has 2 N–H and O–H groups in total. The van der Waals surface area contributed by atoms with Crippen LogP contribution in [0.1, 0.15) is 40.3 Å². The molecule has 194 valence electrons. The number of para-hydroxylation sites is 1. The van der Waals surface area contributed by atoms with Crippen molar-refractivity contribution in [3.63, 3.8) is 0 Å². The van der Waals surface area contributed by atoms with Gasteiger partial charge in [0.1, 0.15) is 18.0 Å². The van der Waals surface area contributed by atoms with Crippen molar-refractivity contribution in [2.45, 2.75) is 58.6 Å². The van der Waals surface area contributed by atoms with Crippen LogP contribution in [0.15, 0.2) is 52.2 Å². The number of halogens is 1. The monoisotopic (exact) mass is 515 g/mol. The molecule has 0 aliphatic rings. The van der Waals surface area contributed by atoms with Gasteiger partial charge in [0.05, 0.1) is 25.5 Å². The second kappa shape index (κ2) is 13.3. The number of nitrogens with zero attached hydrogens (tertiary/aromatic N) is 1. The lowest BCUT2D eigenvalue weighted by Crippen LogP contribution is -2.37. The summed E-state index contributed by atoms with van der Waals surface area (Å²) < 4.78 is 49.8. The molecule has 1 aromatic carbocycles. The van der Waals surface area contributed by atoms with Crippen LogP contribution in [0.25, 0.3) is 0 Å². The largest absolute Gasteiger partial charge is 0.462 e. The molecule has 0 amide bonds. The Labute approximate surface area is 202 Å². The second-order valence-corrected chi connectivity index (χ2v) is 9.58. The number of hydrogen-bond acceptors (Lipinski definition) is 8. The molecule has 2 aromatic rings. The number of benzene rings is 1. The summed E-state index contributed by atoms with van der Waals surface area (Å²) in [7, 11) is -4.17. The number of alkyl halides is 1. The summed E-state index contributed by atoms with van der Waals surface area (Å²) in [4.78, 5) is 37.6. The lowest BCUT2D eigenvalue weighted by Gasteiger charge is -2.27. The van der Waals surface area contributed by atoms with E-state index in [4.69, 9.17) is 18.5 Å². The quantitative estimate of drug-likeness (QED) is 0.287. The summed E-state index contributed by atoms with van der Waals surface area (Å²) in [6.45, 7) is 5.14. The van der Waals surface area contributed by atoms with Gasteiger partial charge in [0.2, 0.25) is 0 Å². The van der Waals surface area contributed by atoms with Gasteiger partial charge < -0.3 is 14.0 Å². The number of carbonyl (C=O) groups is 1. The van der Waals surface area contributed by atoms with Gasteiger partial charge in [-0.1, -0.05) is 18.2 Å². The Morgan fingerprint density at radius 3 is 2.43 bits per heavy atom. The van der Waals surface area contributed by atoms with Gasteiger partial charge in [-0.15, -0.1) is 0 Å². The number of aromatic amines is 1. The predicted octanol–water partition coefficient (Wildman–Crippen LogP) is 2.93. The predicted molar refractivity (Wildman–Crippen MR) is 126 cm³/mol. The van der Waals surface area contributed by atoms with Gasteiger partial charge in [0.25, 0.3) is 5.56 Å². The van der Waals surface area contributed by atoms with Crippen LogP contribution in [0.3, 0.4) is 0 Å². The van der Waals surface area contributed by atoms with Crippen molar-refractivity contribution in [2.24, 2.45) is 0 Å². The van der Waals surface area contributed by atoms with Gasteiger partial charge in [0, 0.05) is 18.7 Å². The minimum absolute atomic E-state index is 0.140. The normalized spacial score (nSPS) is 15.7. The SMILES string of the molecule is CC(C)OC(=O)[C@H](C)NP(=O)(OC[C@H](CCF)O[C@H](C)n1ccc(=O)[nH]c1=O)Oc1ccccc1. The Kier molecular flexibility index (Phi) is 10.8. The fourth-order valence-electron chi connectivity index (χ4n) is 2.89. The highest BCUT2D eigenvalue weighted by Gasteiger charge is 2.34. The highest BCUT2D eigenvalue weighted by Crippen LogP contribution is 2.45. The van der Waals surface area contributed by atoms with Crippen LogP contribution in [0.5, 0.6) is 5.75 Å². The lowest BCUT2D eigenvalue weighted by molar-refractivity contribution is -0.149. The summed E-state index contributed by atoms with van der Waals surface area (Å²) >= 11 is 0. The Bertz CT molecular complexity index is 1110. The third kappa shape index (κ3) is 9.41. The zero-order valence-corrected chi connectivity index (χ0v) is 20.9. The van der Waals surface area contributed by atoms with Crippen molar-refractivity contribution in [1.82, 2.24) is 14.6 Å². The van der Waals surface area contributed by atoms with Gasteiger partial charge in [-0.3, -0.25) is 28.1 Å². The Hall–Kier alpha value is -2.79.